The van der Waals surface area contributed by atoms with E-state index in [-0.39, 0.29) is 18.9 Å². The topological polar surface area (TPSA) is 105 Å². The van der Waals surface area contributed by atoms with Gasteiger partial charge in [-0.3, -0.25) is 14.6 Å². The minimum Gasteiger partial charge on any atom is -0.480 e. The SMILES string of the molecule is NC(CCNC(=O)c1ccccn1)C(=O)O. The van der Waals surface area contributed by atoms with Crippen LogP contribution in [0.15, 0.2) is 24.4 Å². The van der Waals surface area contributed by atoms with Crippen molar-refractivity contribution in [3.8, 4) is 0 Å². The maximum atomic E-state index is 11.4. The third kappa shape index (κ3) is 3.66. The average molecular weight is 223 g/mol. The lowest BCUT2D eigenvalue weighted by atomic mass is 10.2. The molecule has 1 aromatic heterocycles. The molecule has 1 unspecified atom stereocenters. The Kier molecular flexibility index (Phi) is 4.41. The normalized spacial score (nSPS) is 11.8. The Morgan fingerprint density at radius 1 is 1.50 bits per heavy atom. The molecule has 0 saturated heterocycles. The molecule has 0 bridgehead atoms. The zero-order valence-electron chi connectivity index (χ0n) is 8.59. The first-order chi connectivity index (χ1) is 7.61. The summed E-state index contributed by atoms with van der Waals surface area (Å²) in [4.78, 5) is 25.7. The summed E-state index contributed by atoms with van der Waals surface area (Å²) in [5.74, 6) is -1.41. The van der Waals surface area contributed by atoms with Gasteiger partial charge in [-0.05, 0) is 18.6 Å². The number of carboxylic acids is 1. The molecule has 0 spiro atoms. The van der Waals surface area contributed by atoms with E-state index in [1.54, 1.807) is 18.2 Å². The summed E-state index contributed by atoms with van der Waals surface area (Å²) in [5.41, 5.74) is 5.57. The Morgan fingerprint density at radius 3 is 2.81 bits per heavy atom. The van der Waals surface area contributed by atoms with Gasteiger partial charge in [-0.1, -0.05) is 6.07 Å². The Bertz CT molecular complexity index is 367. The van der Waals surface area contributed by atoms with Gasteiger partial charge in [0.25, 0.3) is 5.91 Å². The largest absolute Gasteiger partial charge is 0.480 e. The zero-order chi connectivity index (χ0) is 12.0. The van der Waals surface area contributed by atoms with Crippen molar-refractivity contribution in [2.75, 3.05) is 6.54 Å². The lowest BCUT2D eigenvalue weighted by molar-refractivity contribution is -0.138. The van der Waals surface area contributed by atoms with E-state index in [1.807, 2.05) is 0 Å². The summed E-state index contributed by atoms with van der Waals surface area (Å²) in [6.45, 7) is 0.211. The summed E-state index contributed by atoms with van der Waals surface area (Å²) >= 11 is 0. The Morgan fingerprint density at radius 2 is 2.25 bits per heavy atom. The van der Waals surface area contributed by atoms with Gasteiger partial charge in [-0.25, -0.2) is 0 Å². The van der Waals surface area contributed by atoms with E-state index in [1.165, 1.54) is 6.20 Å². The van der Waals surface area contributed by atoms with Crippen molar-refractivity contribution in [3.63, 3.8) is 0 Å². The molecule has 1 heterocycles. The number of aliphatic carboxylic acids is 1. The Hall–Kier alpha value is -1.95. The Labute approximate surface area is 92.5 Å². The molecule has 86 valence electrons. The maximum Gasteiger partial charge on any atom is 0.320 e. The van der Waals surface area contributed by atoms with E-state index in [4.69, 9.17) is 10.8 Å². The number of aromatic nitrogens is 1. The molecule has 6 nitrogen and oxygen atoms in total. The number of hydrogen-bond acceptors (Lipinski definition) is 4. The minimum atomic E-state index is -1.08. The predicted molar refractivity (Wildman–Crippen MR) is 56.8 cm³/mol. The van der Waals surface area contributed by atoms with E-state index >= 15 is 0 Å². The smallest absolute Gasteiger partial charge is 0.320 e. The molecule has 6 heteroatoms. The van der Waals surface area contributed by atoms with E-state index in [0.29, 0.717) is 5.69 Å². The third-order valence-electron chi connectivity index (χ3n) is 1.96. The van der Waals surface area contributed by atoms with E-state index in [2.05, 4.69) is 10.3 Å². The molecule has 0 saturated carbocycles. The molecular weight excluding hydrogens is 210 g/mol. The van der Waals surface area contributed by atoms with Crippen LogP contribution < -0.4 is 11.1 Å². The standard InChI is InChI=1S/C10H13N3O3/c11-7(10(15)16)4-6-13-9(14)8-3-1-2-5-12-8/h1-3,5,7H,4,6,11H2,(H,13,14)(H,15,16). The molecular formula is C10H13N3O3. The van der Waals surface area contributed by atoms with Gasteiger partial charge in [0.05, 0.1) is 0 Å². The highest BCUT2D eigenvalue weighted by atomic mass is 16.4. The molecule has 1 amide bonds. The fourth-order valence-corrected chi connectivity index (χ4v) is 1.05. The van der Waals surface area contributed by atoms with Crippen LogP contribution in [0, 0.1) is 0 Å². The number of nitrogens with zero attached hydrogens (tertiary/aromatic N) is 1. The van der Waals surface area contributed by atoms with E-state index in [0.717, 1.165) is 0 Å². The van der Waals surface area contributed by atoms with Crippen LogP contribution in [-0.4, -0.2) is 34.6 Å². The molecule has 16 heavy (non-hydrogen) atoms. The second-order valence-corrected chi connectivity index (χ2v) is 3.20. The van der Waals surface area contributed by atoms with Crippen LogP contribution in [0.1, 0.15) is 16.9 Å². The second-order valence-electron chi connectivity index (χ2n) is 3.20. The molecule has 0 radical (unpaired) electrons. The number of carbonyl (C=O) groups excluding carboxylic acids is 1. The summed E-state index contributed by atoms with van der Waals surface area (Å²) in [7, 11) is 0. The highest BCUT2D eigenvalue weighted by Crippen LogP contribution is 1.93. The fourth-order valence-electron chi connectivity index (χ4n) is 1.05. The highest BCUT2D eigenvalue weighted by Gasteiger charge is 2.12. The number of pyridine rings is 1. The lowest BCUT2D eigenvalue weighted by Gasteiger charge is -2.07. The van der Waals surface area contributed by atoms with Crippen LogP contribution in [0.25, 0.3) is 0 Å². The summed E-state index contributed by atoms with van der Waals surface area (Å²) in [6, 6.07) is 4.03. The first kappa shape index (κ1) is 12.1. The average Bonchev–Trinajstić information content (AvgIpc) is 2.29. The first-order valence-electron chi connectivity index (χ1n) is 4.79. The second kappa shape index (κ2) is 5.82. The van der Waals surface area contributed by atoms with Gasteiger partial charge in [0.15, 0.2) is 0 Å². The van der Waals surface area contributed by atoms with Crippen molar-refractivity contribution >= 4 is 11.9 Å². The van der Waals surface area contributed by atoms with Crippen molar-refractivity contribution in [2.24, 2.45) is 5.73 Å². The van der Waals surface area contributed by atoms with Crippen LogP contribution in [-0.2, 0) is 4.79 Å². The fraction of sp³-hybridized carbons (Fsp3) is 0.300. The van der Waals surface area contributed by atoms with Gasteiger partial charge >= 0.3 is 5.97 Å². The van der Waals surface area contributed by atoms with Crippen molar-refractivity contribution in [2.45, 2.75) is 12.5 Å². The molecule has 0 aliphatic heterocycles. The van der Waals surface area contributed by atoms with Crippen LogP contribution >= 0.6 is 0 Å². The van der Waals surface area contributed by atoms with Crippen molar-refractivity contribution in [1.82, 2.24) is 10.3 Å². The lowest BCUT2D eigenvalue weighted by Crippen LogP contribution is -2.35. The van der Waals surface area contributed by atoms with Crippen molar-refractivity contribution in [1.29, 1.82) is 0 Å². The number of carboxylic acid groups (broad SMARTS) is 1. The minimum absolute atomic E-state index is 0.188. The predicted octanol–water partition coefficient (Wildman–Crippen LogP) is -0.387. The van der Waals surface area contributed by atoms with Gasteiger partial charge in [-0.15, -0.1) is 0 Å². The number of carbonyl (C=O) groups is 2. The highest BCUT2D eigenvalue weighted by molar-refractivity contribution is 5.92. The van der Waals surface area contributed by atoms with E-state index in [9.17, 15) is 9.59 Å². The van der Waals surface area contributed by atoms with E-state index < -0.39 is 12.0 Å². The molecule has 4 N–H and O–H groups in total. The monoisotopic (exact) mass is 223 g/mol. The zero-order valence-corrected chi connectivity index (χ0v) is 8.59. The molecule has 0 aliphatic rings. The number of rotatable bonds is 5. The number of hydrogen-bond donors (Lipinski definition) is 3. The third-order valence-corrected chi connectivity index (χ3v) is 1.96. The van der Waals surface area contributed by atoms with Gasteiger partial charge in [0.2, 0.25) is 0 Å². The summed E-state index contributed by atoms with van der Waals surface area (Å²) in [6.07, 6.45) is 1.70. The number of nitrogens with two attached hydrogens (primary N) is 1. The van der Waals surface area contributed by atoms with Crippen LogP contribution in [0.2, 0.25) is 0 Å². The molecule has 1 rings (SSSR count). The van der Waals surface area contributed by atoms with Gasteiger partial charge in [0.1, 0.15) is 11.7 Å². The van der Waals surface area contributed by atoms with Crippen LogP contribution in [0.3, 0.4) is 0 Å². The molecule has 0 fully saturated rings. The van der Waals surface area contributed by atoms with Crippen molar-refractivity contribution < 1.29 is 14.7 Å². The van der Waals surface area contributed by atoms with Crippen molar-refractivity contribution in [3.05, 3.63) is 30.1 Å². The Balaban J connectivity index is 2.34. The first-order valence-corrected chi connectivity index (χ1v) is 4.79. The number of nitrogens with one attached hydrogen (secondary N) is 1. The van der Waals surface area contributed by atoms with Gasteiger partial charge in [0, 0.05) is 12.7 Å². The van der Waals surface area contributed by atoms with Gasteiger partial charge < -0.3 is 16.2 Å². The molecule has 1 atom stereocenters. The van der Waals surface area contributed by atoms with Gasteiger partial charge in [-0.2, -0.15) is 0 Å². The number of amides is 1. The molecule has 1 aromatic rings. The summed E-state index contributed by atoms with van der Waals surface area (Å²) < 4.78 is 0. The summed E-state index contributed by atoms with van der Waals surface area (Å²) in [5, 5.41) is 11.1. The molecule has 0 aromatic carbocycles. The quantitative estimate of drug-likeness (QED) is 0.630. The van der Waals surface area contributed by atoms with Crippen LogP contribution in [0.4, 0.5) is 0 Å². The maximum absolute atomic E-state index is 11.4. The molecule has 0 aliphatic carbocycles. The van der Waals surface area contributed by atoms with Crippen LogP contribution in [0.5, 0.6) is 0 Å².